The van der Waals surface area contributed by atoms with Crippen molar-refractivity contribution in [2.45, 2.75) is 6.42 Å². The number of rotatable bonds is 7. The molecule has 0 saturated carbocycles. The first-order valence-electron chi connectivity index (χ1n) is 11.1. The zero-order valence-electron chi connectivity index (χ0n) is 20.8. The van der Waals surface area contributed by atoms with Crippen molar-refractivity contribution < 1.29 is 10.2 Å². The Morgan fingerprint density at radius 2 is 1.83 bits per heavy atom. The van der Waals surface area contributed by atoms with Gasteiger partial charge in [0.15, 0.2) is 0 Å². The third-order valence-corrected chi connectivity index (χ3v) is 4.72. The molecule has 2 heterocycles. The lowest BCUT2D eigenvalue weighted by atomic mass is 10.2. The molecule has 29 heavy (non-hydrogen) atoms. The number of piperazine rings is 1. The summed E-state index contributed by atoms with van der Waals surface area (Å²) in [5.74, 6) is 0.932. The highest BCUT2D eigenvalue weighted by molar-refractivity contribution is 5.85. The number of hydrogen-bond acceptors (Lipinski definition) is 6. The quantitative estimate of drug-likeness (QED) is 0.668. The summed E-state index contributed by atoms with van der Waals surface area (Å²) >= 11 is 0. The molecule has 1 aromatic carbocycles. The fourth-order valence-electron chi connectivity index (χ4n) is 3.03. The van der Waals surface area contributed by atoms with Crippen molar-refractivity contribution in [1.82, 2.24) is 14.0 Å². The summed E-state index contributed by atoms with van der Waals surface area (Å²) in [4.78, 5) is 26.8. The Hall–Kier alpha value is -2.45. The summed E-state index contributed by atoms with van der Waals surface area (Å²) in [5, 5.41) is 3.02. The number of nitrogens with one attached hydrogen (secondary N) is 1. The van der Waals surface area contributed by atoms with Crippen LogP contribution in [0.5, 0.6) is 5.75 Å². The molecule has 8 nitrogen and oxygen atoms in total. The van der Waals surface area contributed by atoms with Crippen molar-refractivity contribution in [1.29, 1.82) is 0 Å². The molecule has 9 heteroatoms. The SMILES string of the molecule is Cl.[2H]C1([2H])CN(c2ccccc2OC)CC([2H])([2H])N1CCCNc1cc(=O)n(C)c(=O)n1C. The summed E-state index contributed by atoms with van der Waals surface area (Å²) in [5.41, 5.74) is -0.216. The van der Waals surface area contributed by atoms with Crippen LogP contribution in [-0.2, 0) is 14.1 Å². The van der Waals surface area contributed by atoms with Crippen LogP contribution >= 0.6 is 12.4 Å². The van der Waals surface area contributed by atoms with E-state index in [0.717, 1.165) is 4.57 Å². The number of anilines is 2. The summed E-state index contributed by atoms with van der Waals surface area (Å²) < 4.78 is 41.8. The van der Waals surface area contributed by atoms with Gasteiger partial charge in [-0.15, -0.1) is 12.4 Å². The van der Waals surface area contributed by atoms with Gasteiger partial charge >= 0.3 is 5.69 Å². The van der Waals surface area contributed by atoms with Crippen LogP contribution < -0.4 is 26.2 Å². The Bertz CT molecular complexity index is 1070. The number of benzene rings is 1. The molecule has 1 aromatic heterocycles. The smallest absolute Gasteiger partial charge is 0.332 e. The topological polar surface area (TPSA) is 71.7 Å². The zero-order valence-corrected chi connectivity index (χ0v) is 17.7. The van der Waals surface area contributed by atoms with Gasteiger partial charge in [0, 0.05) is 58.3 Å². The molecule has 1 aliphatic heterocycles. The van der Waals surface area contributed by atoms with E-state index < -0.39 is 24.2 Å². The Balaban J connectivity index is 0.00000385. The molecule has 1 fully saturated rings. The molecule has 0 bridgehead atoms. The average Bonchev–Trinajstić information content (AvgIpc) is 2.73. The number of nitrogens with zero attached hydrogens (tertiary/aromatic N) is 4. The molecule has 0 spiro atoms. The highest BCUT2D eigenvalue weighted by atomic mass is 35.5. The van der Waals surface area contributed by atoms with Gasteiger partial charge in [-0.25, -0.2) is 4.79 Å². The monoisotopic (exact) mass is 427 g/mol. The molecule has 0 atom stereocenters. The summed E-state index contributed by atoms with van der Waals surface area (Å²) in [6.07, 6.45) is 0.414. The molecule has 2 aromatic rings. The highest BCUT2D eigenvalue weighted by Crippen LogP contribution is 2.28. The van der Waals surface area contributed by atoms with E-state index in [9.17, 15) is 9.59 Å². The third-order valence-electron chi connectivity index (χ3n) is 4.72. The number of hydrogen-bond donors (Lipinski definition) is 1. The molecule has 1 aliphatic rings. The molecule has 0 amide bonds. The van der Waals surface area contributed by atoms with Gasteiger partial charge in [-0.2, -0.15) is 0 Å². The molecule has 0 radical (unpaired) electrons. The van der Waals surface area contributed by atoms with Gasteiger partial charge in [0.25, 0.3) is 5.56 Å². The molecule has 160 valence electrons. The predicted octanol–water partition coefficient (Wildman–Crippen LogP) is 1.14. The zero-order chi connectivity index (χ0) is 23.7. The van der Waals surface area contributed by atoms with E-state index in [0.29, 0.717) is 30.2 Å². The maximum Gasteiger partial charge on any atom is 0.332 e. The van der Waals surface area contributed by atoms with Crippen LogP contribution in [0.4, 0.5) is 11.5 Å². The van der Waals surface area contributed by atoms with Crippen LogP contribution in [0, 0.1) is 0 Å². The predicted molar refractivity (Wildman–Crippen MR) is 119 cm³/mol. The molecular weight excluding hydrogens is 394 g/mol. The second-order valence-electron chi connectivity index (χ2n) is 6.54. The second-order valence-corrected chi connectivity index (χ2v) is 6.54. The molecule has 3 rings (SSSR count). The van der Waals surface area contributed by atoms with Crippen LogP contribution in [0.2, 0.25) is 0 Å². The van der Waals surface area contributed by atoms with Crippen LogP contribution in [-0.4, -0.2) is 60.3 Å². The minimum atomic E-state index is -1.92. The molecule has 1 saturated heterocycles. The fourth-order valence-corrected chi connectivity index (χ4v) is 3.03. The number of halogens is 1. The van der Waals surface area contributed by atoms with Gasteiger partial charge in [0.05, 0.1) is 12.8 Å². The van der Waals surface area contributed by atoms with Gasteiger partial charge in [0.2, 0.25) is 0 Å². The summed E-state index contributed by atoms with van der Waals surface area (Å²) in [6.45, 7) is -3.35. The average molecular weight is 428 g/mol. The molecule has 0 unspecified atom stereocenters. The van der Waals surface area contributed by atoms with E-state index in [4.69, 9.17) is 10.2 Å². The van der Waals surface area contributed by atoms with Crippen LogP contribution in [0.15, 0.2) is 39.9 Å². The van der Waals surface area contributed by atoms with Crippen molar-refractivity contribution in [2.75, 3.05) is 56.5 Å². The lowest BCUT2D eigenvalue weighted by molar-refractivity contribution is 0.256. The lowest BCUT2D eigenvalue weighted by Gasteiger charge is -2.36. The number of methoxy groups -OCH3 is 1. The van der Waals surface area contributed by atoms with Gasteiger partial charge in [0.1, 0.15) is 11.6 Å². The Morgan fingerprint density at radius 1 is 1.14 bits per heavy atom. The lowest BCUT2D eigenvalue weighted by Crippen LogP contribution is -2.47. The van der Waals surface area contributed by atoms with Crippen molar-refractivity contribution in [3.8, 4) is 5.75 Å². The van der Waals surface area contributed by atoms with Crippen molar-refractivity contribution in [3.63, 3.8) is 0 Å². The van der Waals surface area contributed by atoms with E-state index >= 15 is 0 Å². The standard InChI is InChI=1S/C20H29N5O3.ClH/c1-22-18(15-19(26)23(2)20(22)27)21-9-6-10-24-11-13-25(14-12-24)16-7-4-5-8-17(16)28-3;/h4-5,7-8,15,21H,6,9-14H2,1-3H3;1H/i11D2,12D2;. The van der Waals surface area contributed by atoms with E-state index in [1.54, 1.807) is 24.1 Å². The largest absolute Gasteiger partial charge is 0.495 e. The van der Waals surface area contributed by atoms with Gasteiger partial charge < -0.3 is 15.0 Å². The summed E-state index contributed by atoms with van der Waals surface area (Å²) in [7, 11) is 4.49. The maximum absolute atomic E-state index is 12.0. The minimum Gasteiger partial charge on any atom is -0.495 e. The van der Waals surface area contributed by atoms with E-state index in [2.05, 4.69) is 5.32 Å². The number of aromatic nitrogens is 2. The van der Waals surface area contributed by atoms with E-state index in [-0.39, 0.29) is 32.0 Å². The molecule has 0 aliphatic carbocycles. The van der Waals surface area contributed by atoms with Crippen molar-refractivity contribution >= 4 is 23.9 Å². The van der Waals surface area contributed by atoms with Crippen LogP contribution in [0.25, 0.3) is 0 Å². The summed E-state index contributed by atoms with van der Waals surface area (Å²) in [6, 6.07) is 8.51. The first-order valence-corrected chi connectivity index (χ1v) is 9.14. The fraction of sp³-hybridized carbons (Fsp3) is 0.500. The minimum absolute atomic E-state index is 0. The molecule has 1 N–H and O–H groups in total. The highest BCUT2D eigenvalue weighted by Gasteiger charge is 2.19. The van der Waals surface area contributed by atoms with Gasteiger partial charge in [-0.3, -0.25) is 18.8 Å². The second kappa shape index (κ2) is 10.4. The van der Waals surface area contributed by atoms with Gasteiger partial charge in [-0.05, 0) is 25.1 Å². The van der Waals surface area contributed by atoms with E-state index in [1.807, 2.05) is 12.1 Å². The third kappa shape index (κ3) is 5.33. The maximum atomic E-state index is 12.0. The van der Waals surface area contributed by atoms with E-state index in [1.165, 1.54) is 29.7 Å². The van der Waals surface area contributed by atoms with Crippen molar-refractivity contribution in [3.05, 3.63) is 51.2 Å². The number of ether oxygens (including phenoxy) is 1. The van der Waals surface area contributed by atoms with Crippen molar-refractivity contribution in [2.24, 2.45) is 14.1 Å². The first kappa shape index (κ1) is 17.4. The Labute approximate surface area is 182 Å². The van der Waals surface area contributed by atoms with Crippen LogP contribution in [0.1, 0.15) is 11.9 Å². The van der Waals surface area contributed by atoms with Crippen LogP contribution in [0.3, 0.4) is 0 Å². The first-order chi connectivity index (χ1) is 15.0. The number of para-hydroxylation sites is 2. The normalized spacial score (nSPS) is 19.9. The van der Waals surface area contributed by atoms with Gasteiger partial charge in [-0.1, -0.05) is 12.1 Å². The Kier molecular flexibility index (Phi) is 6.22. The Morgan fingerprint density at radius 3 is 2.52 bits per heavy atom. The molecular formula is C20H30ClN5O3.